The minimum absolute atomic E-state index is 0.177. The number of methoxy groups -OCH3 is 1. The molecular weight excluding hydrogens is 294 g/mol. The summed E-state index contributed by atoms with van der Waals surface area (Å²) in [5.74, 6) is 1.07. The van der Waals surface area contributed by atoms with Crippen molar-refractivity contribution in [2.24, 2.45) is 11.5 Å². The Hall–Kier alpha value is -2.38. The first-order valence-corrected chi connectivity index (χ1v) is 7.55. The zero-order valence-electron chi connectivity index (χ0n) is 13.2. The molecule has 0 fully saturated rings. The topological polar surface area (TPSA) is 110 Å². The molecule has 7 nitrogen and oxygen atoms in total. The fourth-order valence-corrected chi connectivity index (χ4v) is 2.24. The maximum atomic E-state index is 12.7. The van der Waals surface area contributed by atoms with E-state index in [0.717, 1.165) is 11.3 Å². The number of rotatable bonds is 8. The number of nitrogens with two attached hydrogens (primary N) is 2. The molecule has 0 radical (unpaired) electrons. The van der Waals surface area contributed by atoms with Gasteiger partial charge in [0.1, 0.15) is 5.75 Å². The lowest BCUT2D eigenvalue weighted by atomic mass is 10.1. The number of ether oxygens (including phenoxy) is 1. The third-order valence-corrected chi connectivity index (χ3v) is 3.54. The van der Waals surface area contributed by atoms with Gasteiger partial charge in [0.25, 0.3) is 0 Å². The summed E-state index contributed by atoms with van der Waals surface area (Å²) in [6.07, 6.45) is 4.54. The highest BCUT2D eigenvalue weighted by molar-refractivity contribution is 5.95. The molecule has 23 heavy (non-hydrogen) atoms. The maximum absolute atomic E-state index is 12.7. The van der Waals surface area contributed by atoms with Gasteiger partial charge >= 0.3 is 0 Å². The Balaban J connectivity index is 2.15. The normalized spacial score (nSPS) is 12.0. The second kappa shape index (κ2) is 8.30. The van der Waals surface area contributed by atoms with Crippen molar-refractivity contribution in [2.75, 3.05) is 18.6 Å². The molecular formula is C16H23N5O2. The van der Waals surface area contributed by atoms with E-state index in [2.05, 4.69) is 9.97 Å². The number of carbonyl (C=O) groups is 1. The Morgan fingerprint density at radius 1 is 1.39 bits per heavy atom. The summed E-state index contributed by atoms with van der Waals surface area (Å²) in [5.41, 5.74) is 12.4. The number of anilines is 1. The van der Waals surface area contributed by atoms with Crippen molar-refractivity contribution >= 4 is 11.9 Å². The van der Waals surface area contributed by atoms with Crippen LogP contribution in [0.1, 0.15) is 18.4 Å². The van der Waals surface area contributed by atoms with Crippen LogP contribution in [-0.2, 0) is 11.3 Å². The van der Waals surface area contributed by atoms with Crippen LogP contribution in [0.25, 0.3) is 0 Å². The molecule has 1 aromatic carbocycles. The van der Waals surface area contributed by atoms with E-state index < -0.39 is 6.04 Å². The monoisotopic (exact) mass is 317 g/mol. The molecule has 124 valence electrons. The summed E-state index contributed by atoms with van der Waals surface area (Å²) in [7, 11) is 1.62. The molecule has 5 N–H and O–H groups in total. The lowest BCUT2D eigenvalue weighted by molar-refractivity contribution is -0.120. The van der Waals surface area contributed by atoms with E-state index in [1.807, 2.05) is 24.3 Å². The lowest BCUT2D eigenvalue weighted by Gasteiger charge is -2.23. The van der Waals surface area contributed by atoms with Gasteiger partial charge in [-0.2, -0.15) is 0 Å². The Labute approximate surface area is 135 Å². The molecule has 2 aromatic rings. The number of hydrogen-bond acceptors (Lipinski definition) is 5. The molecule has 7 heteroatoms. The van der Waals surface area contributed by atoms with Gasteiger partial charge in [0.15, 0.2) is 0 Å². The van der Waals surface area contributed by atoms with E-state index in [0.29, 0.717) is 31.9 Å². The molecule has 0 aliphatic carbocycles. The van der Waals surface area contributed by atoms with Crippen molar-refractivity contribution in [3.63, 3.8) is 0 Å². The number of nitrogens with zero attached hydrogens (tertiary/aromatic N) is 2. The van der Waals surface area contributed by atoms with Gasteiger partial charge in [-0.15, -0.1) is 0 Å². The standard InChI is InChI=1S/C16H23N5O2/c1-23-13-6-4-12(5-7-13)11-21(16-19-9-10-20-16)15(22)14(18)3-2-8-17/h4-7,9-10,14H,2-3,8,11,17-18H2,1H3,(H,19,20). The number of carbonyl (C=O) groups excluding carboxylic acids is 1. The van der Waals surface area contributed by atoms with E-state index in [1.54, 1.807) is 24.4 Å². The van der Waals surface area contributed by atoms with Crippen LogP contribution in [0.3, 0.4) is 0 Å². The van der Waals surface area contributed by atoms with Gasteiger partial charge in [0, 0.05) is 12.4 Å². The molecule has 1 aromatic heterocycles. The van der Waals surface area contributed by atoms with Crippen molar-refractivity contribution in [3.05, 3.63) is 42.2 Å². The van der Waals surface area contributed by atoms with Crippen LogP contribution in [0.4, 0.5) is 5.95 Å². The minimum atomic E-state index is -0.595. The highest BCUT2D eigenvalue weighted by Crippen LogP contribution is 2.17. The number of aromatic amines is 1. The zero-order valence-corrected chi connectivity index (χ0v) is 13.2. The number of benzene rings is 1. The summed E-state index contributed by atoms with van der Waals surface area (Å²) >= 11 is 0. The van der Waals surface area contributed by atoms with Gasteiger partial charge in [-0.05, 0) is 37.1 Å². The van der Waals surface area contributed by atoms with Gasteiger partial charge in [0.05, 0.1) is 19.7 Å². The summed E-state index contributed by atoms with van der Waals surface area (Å²) in [4.78, 5) is 21.3. The average molecular weight is 317 g/mol. The number of imidazole rings is 1. The Bertz CT molecular complexity index is 597. The Morgan fingerprint density at radius 3 is 2.70 bits per heavy atom. The number of amides is 1. The quantitative estimate of drug-likeness (QED) is 0.673. The van der Waals surface area contributed by atoms with Gasteiger partial charge in [-0.25, -0.2) is 4.98 Å². The zero-order chi connectivity index (χ0) is 16.7. The first kappa shape index (κ1) is 17.0. The van der Waals surface area contributed by atoms with E-state index >= 15 is 0 Å². The van der Waals surface area contributed by atoms with Crippen molar-refractivity contribution in [1.29, 1.82) is 0 Å². The average Bonchev–Trinajstić information content (AvgIpc) is 3.11. The van der Waals surface area contributed by atoms with Crippen molar-refractivity contribution in [1.82, 2.24) is 9.97 Å². The van der Waals surface area contributed by atoms with Gasteiger partial charge in [0.2, 0.25) is 11.9 Å². The van der Waals surface area contributed by atoms with Crippen LogP contribution in [0.5, 0.6) is 5.75 Å². The number of H-pyrrole nitrogens is 1. The van der Waals surface area contributed by atoms with Crippen molar-refractivity contribution in [3.8, 4) is 5.75 Å². The SMILES string of the molecule is COc1ccc(CN(C(=O)C(N)CCCN)c2ncc[nH]2)cc1. The van der Waals surface area contributed by atoms with Gasteiger partial charge < -0.3 is 21.2 Å². The van der Waals surface area contributed by atoms with Crippen LogP contribution in [0, 0.1) is 0 Å². The molecule has 0 spiro atoms. The molecule has 1 atom stereocenters. The predicted octanol–water partition coefficient (Wildman–Crippen LogP) is 1.02. The first-order chi connectivity index (χ1) is 11.2. The van der Waals surface area contributed by atoms with Crippen LogP contribution in [0.15, 0.2) is 36.7 Å². The summed E-state index contributed by atoms with van der Waals surface area (Å²) in [6, 6.07) is 6.94. The summed E-state index contributed by atoms with van der Waals surface area (Å²) < 4.78 is 5.15. The van der Waals surface area contributed by atoms with E-state index in [-0.39, 0.29) is 5.91 Å². The molecule has 0 bridgehead atoms. The van der Waals surface area contributed by atoms with Crippen molar-refractivity contribution < 1.29 is 9.53 Å². The second-order valence-electron chi connectivity index (χ2n) is 5.22. The van der Waals surface area contributed by atoms with Crippen LogP contribution >= 0.6 is 0 Å². The number of nitrogens with one attached hydrogen (secondary N) is 1. The molecule has 1 unspecified atom stereocenters. The number of aromatic nitrogens is 2. The minimum Gasteiger partial charge on any atom is -0.497 e. The molecule has 1 amide bonds. The fourth-order valence-electron chi connectivity index (χ4n) is 2.24. The molecule has 2 rings (SSSR count). The fraction of sp³-hybridized carbons (Fsp3) is 0.375. The maximum Gasteiger partial charge on any atom is 0.246 e. The van der Waals surface area contributed by atoms with E-state index in [1.165, 1.54) is 0 Å². The predicted molar refractivity (Wildman–Crippen MR) is 89.0 cm³/mol. The summed E-state index contributed by atoms with van der Waals surface area (Å²) in [5, 5.41) is 0. The van der Waals surface area contributed by atoms with Crippen molar-refractivity contribution in [2.45, 2.75) is 25.4 Å². The highest BCUT2D eigenvalue weighted by atomic mass is 16.5. The van der Waals surface area contributed by atoms with Crippen LogP contribution < -0.4 is 21.1 Å². The van der Waals surface area contributed by atoms with Gasteiger partial charge in [-0.3, -0.25) is 9.69 Å². The number of hydrogen-bond donors (Lipinski definition) is 3. The Morgan fingerprint density at radius 2 is 2.13 bits per heavy atom. The molecule has 0 saturated heterocycles. The van der Waals surface area contributed by atoms with Crippen LogP contribution in [-0.4, -0.2) is 35.6 Å². The summed E-state index contributed by atoms with van der Waals surface area (Å²) in [6.45, 7) is 0.896. The smallest absolute Gasteiger partial charge is 0.246 e. The van der Waals surface area contributed by atoms with Crippen LogP contribution in [0.2, 0.25) is 0 Å². The van der Waals surface area contributed by atoms with E-state index in [9.17, 15) is 4.79 Å². The largest absolute Gasteiger partial charge is 0.497 e. The Kier molecular flexibility index (Phi) is 6.13. The highest BCUT2D eigenvalue weighted by Gasteiger charge is 2.24. The molecule has 0 saturated carbocycles. The van der Waals surface area contributed by atoms with Gasteiger partial charge in [-0.1, -0.05) is 12.1 Å². The molecule has 0 aliphatic rings. The second-order valence-corrected chi connectivity index (χ2v) is 5.22. The van der Waals surface area contributed by atoms with E-state index in [4.69, 9.17) is 16.2 Å². The first-order valence-electron chi connectivity index (χ1n) is 7.55. The third kappa shape index (κ3) is 4.54. The third-order valence-electron chi connectivity index (χ3n) is 3.54. The molecule has 1 heterocycles. The molecule has 0 aliphatic heterocycles. The lowest BCUT2D eigenvalue weighted by Crippen LogP contribution is -2.44.